The van der Waals surface area contributed by atoms with E-state index in [-0.39, 0.29) is 0 Å². The Kier molecular flexibility index (Phi) is 1.35. The van der Waals surface area contributed by atoms with Crippen LogP contribution < -0.4 is 0 Å². The minimum Gasteiger partial charge on any atom is -0.463 e. The molecular weight excluding hydrogens is 140 g/mol. The van der Waals surface area contributed by atoms with Crippen molar-refractivity contribution in [1.82, 2.24) is 9.78 Å². The lowest BCUT2D eigenvalue weighted by Crippen LogP contribution is -2.07. The molecule has 5 heteroatoms. The largest absolute Gasteiger partial charge is 0.463 e. The van der Waals surface area contributed by atoms with Gasteiger partial charge in [-0.05, 0) is 6.07 Å². The summed E-state index contributed by atoms with van der Waals surface area (Å²) in [5, 5.41) is 10.7. The van der Waals surface area contributed by atoms with Crippen LogP contribution in [0.2, 0.25) is 0 Å². The fraction of sp³-hybridized carbons (Fsp3) is 0. The number of H-pyrrole nitrogens is 1. The summed E-state index contributed by atoms with van der Waals surface area (Å²) in [5.41, 5.74) is 0. The third-order valence-corrected chi connectivity index (χ3v) is 1.04. The summed E-state index contributed by atoms with van der Waals surface area (Å²) in [6.07, 6.45) is 0.288. The third kappa shape index (κ3) is 1.17. The van der Waals surface area contributed by atoms with Crippen molar-refractivity contribution in [2.24, 2.45) is 0 Å². The molecule has 0 aliphatic rings. The molecule has 0 aliphatic carbocycles. The number of aromatic nitrogens is 2. The summed E-state index contributed by atoms with van der Waals surface area (Å²) in [4.78, 5) is 10.1. The van der Waals surface area contributed by atoms with Crippen molar-refractivity contribution >= 4 is 18.3 Å². The van der Waals surface area contributed by atoms with Crippen LogP contribution in [0, 0.1) is 4.64 Å². The van der Waals surface area contributed by atoms with E-state index in [1.165, 1.54) is 12.3 Å². The number of rotatable bonds is 0. The minimum absolute atomic E-state index is 0.414. The third-order valence-electron chi connectivity index (χ3n) is 0.812. The summed E-state index contributed by atoms with van der Waals surface area (Å²) in [6, 6.07) is 1.50. The Bertz CT molecular complexity index is 274. The zero-order chi connectivity index (χ0) is 6.85. The predicted octanol–water partition coefficient (Wildman–Crippen LogP) is 1.07. The SMILES string of the molecule is O=C(O)n1ccc(=S)[nH]1. The topological polar surface area (TPSA) is 58.0 Å². The monoisotopic (exact) mass is 144 g/mol. The Morgan fingerprint density at radius 3 is 2.78 bits per heavy atom. The van der Waals surface area contributed by atoms with Crippen molar-refractivity contribution in [2.45, 2.75) is 0 Å². The molecule has 0 aliphatic heterocycles. The van der Waals surface area contributed by atoms with Gasteiger partial charge in [0, 0.05) is 6.20 Å². The van der Waals surface area contributed by atoms with E-state index in [1.807, 2.05) is 0 Å². The van der Waals surface area contributed by atoms with Crippen molar-refractivity contribution < 1.29 is 9.90 Å². The van der Waals surface area contributed by atoms with Gasteiger partial charge in [-0.25, -0.2) is 4.79 Å². The standard InChI is InChI=1S/C4H4N2O2S/c7-4(8)6-2-1-3(9)5-6/h1-2H,(H,5,9)(H,7,8). The molecule has 0 fully saturated rings. The van der Waals surface area contributed by atoms with Gasteiger partial charge in [-0.2, -0.15) is 4.68 Å². The molecule has 4 nitrogen and oxygen atoms in total. The second-order valence-corrected chi connectivity index (χ2v) is 1.88. The van der Waals surface area contributed by atoms with Crippen LogP contribution in [0.25, 0.3) is 0 Å². The summed E-state index contributed by atoms with van der Waals surface area (Å²) >= 11 is 4.61. The maximum atomic E-state index is 10.1. The molecule has 0 saturated heterocycles. The van der Waals surface area contributed by atoms with Crippen LogP contribution >= 0.6 is 12.2 Å². The second kappa shape index (κ2) is 2.02. The number of hydrogen-bond acceptors (Lipinski definition) is 2. The quantitative estimate of drug-likeness (QED) is 0.535. The van der Waals surface area contributed by atoms with Crippen LogP contribution in [0.3, 0.4) is 0 Å². The van der Waals surface area contributed by atoms with Crippen LogP contribution in [0.1, 0.15) is 0 Å². The van der Waals surface area contributed by atoms with Gasteiger partial charge < -0.3 is 5.11 Å². The van der Waals surface area contributed by atoms with E-state index in [2.05, 4.69) is 17.3 Å². The highest BCUT2D eigenvalue weighted by Crippen LogP contribution is 1.85. The lowest BCUT2D eigenvalue weighted by atomic mass is 10.7. The first-order chi connectivity index (χ1) is 4.20. The highest BCUT2D eigenvalue weighted by Gasteiger charge is 1.95. The molecule has 0 spiro atoms. The van der Waals surface area contributed by atoms with Crippen LogP contribution in [-0.4, -0.2) is 21.0 Å². The van der Waals surface area contributed by atoms with E-state index in [4.69, 9.17) is 5.11 Å². The summed E-state index contributed by atoms with van der Waals surface area (Å²) in [7, 11) is 0. The van der Waals surface area contributed by atoms with E-state index in [0.29, 0.717) is 4.64 Å². The average molecular weight is 144 g/mol. The molecule has 0 amide bonds. The number of carboxylic acid groups (broad SMARTS) is 1. The number of nitrogens with zero attached hydrogens (tertiary/aromatic N) is 1. The van der Waals surface area contributed by atoms with Gasteiger partial charge in [0.1, 0.15) is 4.64 Å². The lowest BCUT2D eigenvalue weighted by molar-refractivity contribution is 0.192. The zero-order valence-electron chi connectivity index (χ0n) is 4.37. The van der Waals surface area contributed by atoms with Crippen molar-refractivity contribution in [3.8, 4) is 0 Å². The molecule has 0 atom stereocenters. The predicted molar refractivity (Wildman–Crippen MR) is 33.0 cm³/mol. The molecule has 0 unspecified atom stereocenters. The van der Waals surface area contributed by atoms with E-state index in [9.17, 15) is 4.79 Å². The summed E-state index contributed by atoms with van der Waals surface area (Å²) in [6.45, 7) is 0. The van der Waals surface area contributed by atoms with Gasteiger partial charge in [0.25, 0.3) is 0 Å². The Hall–Kier alpha value is -1.10. The molecule has 0 radical (unpaired) electrons. The number of aromatic amines is 1. The van der Waals surface area contributed by atoms with Gasteiger partial charge in [0.15, 0.2) is 0 Å². The Balaban J connectivity index is 3.12. The second-order valence-electron chi connectivity index (χ2n) is 1.44. The van der Waals surface area contributed by atoms with E-state index < -0.39 is 6.09 Å². The Labute approximate surface area is 55.7 Å². The fourth-order valence-electron chi connectivity index (χ4n) is 0.447. The molecule has 48 valence electrons. The van der Waals surface area contributed by atoms with Gasteiger partial charge in [0.05, 0.1) is 0 Å². The van der Waals surface area contributed by atoms with Crippen LogP contribution in [-0.2, 0) is 0 Å². The number of hydrogen-bond donors (Lipinski definition) is 2. The molecule has 1 aromatic heterocycles. The normalized spacial score (nSPS) is 9.33. The lowest BCUT2D eigenvalue weighted by Gasteiger charge is -1.87. The maximum Gasteiger partial charge on any atom is 0.430 e. The fourth-order valence-corrected chi connectivity index (χ4v) is 0.606. The zero-order valence-corrected chi connectivity index (χ0v) is 5.18. The number of carbonyl (C=O) groups is 1. The van der Waals surface area contributed by atoms with Gasteiger partial charge in [-0.1, -0.05) is 12.2 Å². The molecule has 1 aromatic rings. The molecule has 0 bridgehead atoms. The summed E-state index contributed by atoms with van der Waals surface area (Å²) in [5.74, 6) is 0. The highest BCUT2D eigenvalue weighted by atomic mass is 32.1. The van der Waals surface area contributed by atoms with Crippen LogP contribution in [0.4, 0.5) is 4.79 Å². The molecule has 9 heavy (non-hydrogen) atoms. The first kappa shape index (κ1) is 6.03. The maximum absolute atomic E-state index is 10.1. The van der Waals surface area contributed by atoms with Crippen LogP contribution in [0.5, 0.6) is 0 Å². The van der Waals surface area contributed by atoms with Crippen molar-refractivity contribution in [1.29, 1.82) is 0 Å². The van der Waals surface area contributed by atoms with E-state index in [1.54, 1.807) is 0 Å². The number of nitrogens with one attached hydrogen (secondary N) is 1. The van der Waals surface area contributed by atoms with Crippen LogP contribution in [0.15, 0.2) is 12.3 Å². The first-order valence-electron chi connectivity index (χ1n) is 2.21. The van der Waals surface area contributed by atoms with E-state index in [0.717, 1.165) is 4.68 Å². The molecule has 0 aromatic carbocycles. The average Bonchev–Trinajstić information content (AvgIpc) is 2.14. The smallest absolute Gasteiger partial charge is 0.430 e. The van der Waals surface area contributed by atoms with Crippen molar-refractivity contribution in [3.05, 3.63) is 16.9 Å². The van der Waals surface area contributed by atoms with Crippen molar-refractivity contribution in [3.63, 3.8) is 0 Å². The Morgan fingerprint density at radius 1 is 1.89 bits per heavy atom. The minimum atomic E-state index is -1.06. The van der Waals surface area contributed by atoms with Gasteiger partial charge >= 0.3 is 6.09 Å². The molecule has 1 rings (SSSR count). The first-order valence-corrected chi connectivity index (χ1v) is 2.62. The van der Waals surface area contributed by atoms with Gasteiger partial charge in [-0.3, -0.25) is 5.10 Å². The highest BCUT2D eigenvalue weighted by molar-refractivity contribution is 7.71. The van der Waals surface area contributed by atoms with E-state index >= 15 is 0 Å². The molecule has 1 heterocycles. The summed E-state index contributed by atoms with van der Waals surface area (Å²) < 4.78 is 1.31. The van der Waals surface area contributed by atoms with Crippen molar-refractivity contribution in [2.75, 3.05) is 0 Å². The molecular formula is C4H4N2O2S. The van der Waals surface area contributed by atoms with Gasteiger partial charge in [0.2, 0.25) is 0 Å². The molecule has 2 N–H and O–H groups in total. The molecule has 0 saturated carbocycles. The van der Waals surface area contributed by atoms with Gasteiger partial charge in [-0.15, -0.1) is 0 Å². The Morgan fingerprint density at radius 2 is 2.56 bits per heavy atom.